The van der Waals surface area contributed by atoms with Gasteiger partial charge in [-0.1, -0.05) is 30.3 Å². The van der Waals surface area contributed by atoms with Crippen LogP contribution in [0.4, 0.5) is 4.39 Å². The van der Waals surface area contributed by atoms with Crippen molar-refractivity contribution in [3.63, 3.8) is 0 Å². The second-order valence-electron chi connectivity index (χ2n) is 4.51. The van der Waals surface area contributed by atoms with Crippen molar-refractivity contribution < 1.29 is 13.9 Å². The molecule has 19 heavy (non-hydrogen) atoms. The first kappa shape index (κ1) is 11.9. The molecule has 2 nitrogen and oxygen atoms in total. The maximum atomic E-state index is 13.6. The summed E-state index contributed by atoms with van der Waals surface area (Å²) >= 11 is 0. The molecule has 0 saturated heterocycles. The van der Waals surface area contributed by atoms with Crippen molar-refractivity contribution in [1.82, 2.24) is 0 Å². The minimum Gasteiger partial charge on any atom is -0.461 e. The van der Waals surface area contributed by atoms with Crippen molar-refractivity contribution in [3.8, 4) is 0 Å². The first-order valence-corrected chi connectivity index (χ1v) is 6.12. The van der Waals surface area contributed by atoms with E-state index < -0.39 is 5.82 Å². The van der Waals surface area contributed by atoms with Gasteiger partial charge in [0.2, 0.25) is 0 Å². The van der Waals surface area contributed by atoms with E-state index in [1.807, 2.05) is 36.4 Å². The van der Waals surface area contributed by atoms with Crippen LogP contribution in [0, 0.1) is 5.82 Å². The Morgan fingerprint density at radius 2 is 1.84 bits per heavy atom. The summed E-state index contributed by atoms with van der Waals surface area (Å²) in [6.07, 6.45) is 0.672. The van der Waals surface area contributed by atoms with Crippen molar-refractivity contribution in [3.05, 3.63) is 71.2 Å². The van der Waals surface area contributed by atoms with Gasteiger partial charge in [0.1, 0.15) is 17.2 Å². The van der Waals surface area contributed by atoms with Crippen LogP contribution in [0.3, 0.4) is 0 Å². The van der Waals surface area contributed by atoms with Crippen LogP contribution in [0.15, 0.2) is 52.9 Å². The lowest BCUT2D eigenvalue weighted by molar-refractivity contribution is 0.276. The second kappa shape index (κ2) is 4.86. The second-order valence-corrected chi connectivity index (χ2v) is 4.51. The summed E-state index contributed by atoms with van der Waals surface area (Å²) in [4.78, 5) is 0. The average molecular weight is 256 g/mol. The number of halogens is 1. The molecule has 3 heteroatoms. The number of fused-ring (bicyclic) bond motifs is 1. The molecule has 1 N–H and O–H groups in total. The zero-order valence-electron chi connectivity index (χ0n) is 10.3. The van der Waals surface area contributed by atoms with E-state index in [0.717, 1.165) is 16.7 Å². The molecule has 0 fully saturated rings. The van der Waals surface area contributed by atoms with Gasteiger partial charge in [0.25, 0.3) is 0 Å². The number of hydrogen-bond donors (Lipinski definition) is 1. The third-order valence-corrected chi connectivity index (χ3v) is 3.13. The van der Waals surface area contributed by atoms with E-state index in [1.54, 1.807) is 6.07 Å². The monoisotopic (exact) mass is 256 g/mol. The van der Waals surface area contributed by atoms with Crippen LogP contribution < -0.4 is 0 Å². The summed E-state index contributed by atoms with van der Waals surface area (Å²) in [5, 5.41) is 9.76. The maximum Gasteiger partial charge on any atom is 0.134 e. The van der Waals surface area contributed by atoms with Gasteiger partial charge in [0.15, 0.2) is 0 Å². The van der Waals surface area contributed by atoms with Gasteiger partial charge in [0.05, 0.1) is 6.61 Å². The number of aliphatic hydroxyl groups is 1. The van der Waals surface area contributed by atoms with Gasteiger partial charge in [-0.15, -0.1) is 0 Å². The van der Waals surface area contributed by atoms with Gasteiger partial charge in [-0.3, -0.25) is 0 Å². The first-order chi connectivity index (χ1) is 9.26. The Balaban J connectivity index is 1.98. The molecule has 3 aromatic rings. The Labute approximate surface area is 110 Å². The Morgan fingerprint density at radius 3 is 2.58 bits per heavy atom. The van der Waals surface area contributed by atoms with Crippen molar-refractivity contribution in [2.75, 3.05) is 0 Å². The Morgan fingerprint density at radius 1 is 1.05 bits per heavy atom. The molecule has 0 spiro atoms. The maximum absolute atomic E-state index is 13.6. The Kier molecular flexibility index (Phi) is 3.05. The lowest BCUT2D eigenvalue weighted by Gasteiger charge is -1.98. The van der Waals surface area contributed by atoms with Gasteiger partial charge in [-0.2, -0.15) is 0 Å². The number of rotatable bonds is 3. The SMILES string of the molecule is OCc1cc2oc(Cc3ccccc3)cc2cc1F. The summed E-state index contributed by atoms with van der Waals surface area (Å²) in [7, 11) is 0. The van der Waals surface area contributed by atoms with E-state index in [1.165, 1.54) is 6.07 Å². The van der Waals surface area contributed by atoms with E-state index >= 15 is 0 Å². The van der Waals surface area contributed by atoms with E-state index in [-0.39, 0.29) is 12.2 Å². The molecule has 1 aromatic heterocycles. The summed E-state index contributed by atoms with van der Waals surface area (Å²) < 4.78 is 19.2. The number of benzene rings is 2. The topological polar surface area (TPSA) is 33.4 Å². The highest BCUT2D eigenvalue weighted by Gasteiger charge is 2.09. The zero-order valence-corrected chi connectivity index (χ0v) is 10.3. The van der Waals surface area contributed by atoms with E-state index in [0.29, 0.717) is 12.0 Å². The molecule has 3 rings (SSSR count). The third kappa shape index (κ3) is 2.37. The quantitative estimate of drug-likeness (QED) is 0.776. The minimum atomic E-state index is -0.401. The van der Waals surface area contributed by atoms with Gasteiger partial charge in [0, 0.05) is 17.4 Å². The molecule has 0 bridgehead atoms. The van der Waals surface area contributed by atoms with E-state index in [2.05, 4.69) is 0 Å². The molecule has 96 valence electrons. The molecule has 0 unspecified atom stereocenters. The predicted octanol–water partition coefficient (Wildman–Crippen LogP) is 3.66. The number of furan rings is 1. The minimum absolute atomic E-state index is 0.258. The van der Waals surface area contributed by atoms with Gasteiger partial charge >= 0.3 is 0 Å². The lowest BCUT2D eigenvalue weighted by Crippen LogP contribution is -1.88. The van der Waals surface area contributed by atoms with Crippen LogP contribution in [-0.4, -0.2) is 5.11 Å². The van der Waals surface area contributed by atoms with Crippen molar-refractivity contribution in [1.29, 1.82) is 0 Å². The van der Waals surface area contributed by atoms with Gasteiger partial charge < -0.3 is 9.52 Å². The molecule has 0 radical (unpaired) electrons. The molecule has 2 aromatic carbocycles. The fourth-order valence-electron chi connectivity index (χ4n) is 2.16. The average Bonchev–Trinajstić information content (AvgIpc) is 2.80. The Hall–Kier alpha value is -2.13. The molecular formula is C16H13FO2. The zero-order chi connectivity index (χ0) is 13.2. The lowest BCUT2D eigenvalue weighted by atomic mass is 10.1. The standard InChI is InChI=1S/C16H13FO2/c17-15-8-12-7-14(6-11-4-2-1-3-5-11)19-16(12)9-13(15)10-18/h1-5,7-9,18H,6,10H2. The highest BCUT2D eigenvalue weighted by atomic mass is 19.1. The van der Waals surface area contributed by atoms with E-state index in [9.17, 15) is 4.39 Å². The van der Waals surface area contributed by atoms with Crippen LogP contribution in [-0.2, 0) is 13.0 Å². The smallest absolute Gasteiger partial charge is 0.134 e. The molecule has 0 saturated carbocycles. The van der Waals surface area contributed by atoms with Crippen molar-refractivity contribution >= 4 is 11.0 Å². The fourth-order valence-corrected chi connectivity index (χ4v) is 2.16. The van der Waals surface area contributed by atoms with Crippen molar-refractivity contribution in [2.45, 2.75) is 13.0 Å². The molecule has 0 aliphatic rings. The predicted molar refractivity (Wildman–Crippen MR) is 71.3 cm³/mol. The molecular weight excluding hydrogens is 243 g/mol. The van der Waals surface area contributed by atoms with Crippen LogP contribution in [0.2, 0.25) is 0 Å². The van der Waals surface area contributed by atoms with Crippen LogP contribution in [0.25, 0.3) is 11.0 Å². The number of hydrogen-bond acceptors (Lipinski definition) is 2. The van der Waals surface area contributed by atoms with Crippen LogP contribution >= 0.6 is 0 Å². The third-order valence-electron chi connectivity index (χ3n) is 3.13. The highest BCUT2D eigenvalue weighted by Crippen LogP contribution is 2.24. The van der Waals surface area contributed by atoms with E-state index in [4.69, 9.17) is 9.52 Å². The molecule has 1 heterocycles. The van der Waals surface area contributed by atoms with Gasteiger partial charge in [-0.25, -0.2) is 4.39 Å². The summed E-state index contributed by atoms with van der Waals surface area (Å²) in [6.45, 7) is -0.323. The summed E-state index contributed by atoms with van der Waals surface area (Å²) in [5.41, 5.74) is 2.01. The normalized spacial score (nSPS) is 11.1. The summed E-state index contributed by atoms with van der Waals surface area (Å²) in [6, 6.07) is 14.7. The van der Waals surface area contributed by atoms with Crippen LogP contribution in [0.5, 0.6) is 0 Å². The van der Waals surface area contributed by atoms with Gasteiger partial charge in [-0.05, 0) is 23.8 Å². The largest absolute Gasteiger partial charge is 0.461 e. The molecule has 0 aliphatic carbocycles. The molecule has 0 atom stereocenters. The highest BCUT2D eigenvalue weighted by molar-refractivity contribution is 5.79. The molecule has 0 aliphatic heterocycles. The fraction of sp³-hybridized carbons (Fsp3) is 0.125. The molecule has 0 amide bonds. The Bertz CT molecular complexity index is 701. The summed E-state index contributed by atoms with van der Waals surface area (Å²) in [5.74, 6) is 0.387. The number of aliphatic hydroxyl groups excluding tert-OH is 1. The van der Waals surface area contributed by atoms with Crippen molar-refractivity contribution in [2.24, 2.45) is 0 Å². The first-order valence-electron chi connectivity index (χ1n) is 6.12. The van der Waals surface area contributed by atoms with Crippen LogP contribution in [0.1, 0.15) is 16.9 Å².